The van der Waals surface area contributed by atoms with Gasteiger partial charge in [-0.3, -0.25) is 9.59 Å². The summed E-state index contributed by atoms with van der Waals surface area (Å²) in [6, 6.07) is 1.83. The number of amides is 1. The largest absolute Gasteiger partial charge is 0.480 e. The van der Waals surface area contributed by atoms with Gasteiger partial charge in [-0.1, -0.05) is 5.21 Å². The number of carboxylic acids is 1. The molecule has 24 heavy (non-hydrogen) atoms. The zero-order chi connectivity index (χ0) is 17.3. The van der Waals surface area contributed by atoms with E-state index in [1.54, 1.807) is 11.4 Å². The van der Waals surface area contributed by atoms with E-state index in [4.69, 9.17) is 5.11 Å². The normalized spacial score (nSPS) is 10.9. The Kier molecular flexibility index (Phi) is 3.94. The predicted molar refractivity (Wildman–Crippen MR) is 81.3 cm³/mol. The number of carboxylic acid groups (broad SMARTS) is 1. The van der Waals surface area contributed by atoms with Crippen LogP contribution < -0.4 is 5.32 Å². The van der Waals surface area contributed by atoms with E-state index >= 15 is 0 Å². The van der Waals surface area contributed by atoms with Gasteiger partial charge in [0.25, 0.3) is 5.91 Å². The van der Waals surface area contributed by atoms with Crippen molar-refractivity contribution in [3.63, 3.8) is 0 Å². The molecular weight excluding hydrogens is 314 g/mol. The highest BCUT2D eigenvalue weighted by molar-refractivity contribution is 5.95. The topological polar surface area (TPSA) is 127 Å². The molecule has 3 aromatic rings. The molecule has 0 aliphatic rings. The van der Waals surface area contributed by atoms with E-state index in [1.807, 2.05) is 13.0 Å². The van der Waals surface area contributed by atoms with E-state index in [9.17, 15) is 9.59 Å². The van der Waals surface area contributed by atoms with Crippen LogP contribution >= 0.6 is 0 Å². The maximum atomic E-state index is 12.3. The fourth-order valence-electron chi connectivity index (χ4n) is 2.29. The molecule has 0 radical (unpaired) electrons. The molecule has 0 aliphatic carbocycles. The molecule has 0 spiro atoms. The minimum atomic E-state index is -1.01. The van der Waals surface area contributed by atoms with Crippen LogP contribution in [0.25, 0.3) is 5.65 Å². The highest BCUT2D eigenvalue weighted by Crippen LogP contribution is 2.11. The van der Waals surface area contributed by atoms with Gasteiger partial charge < -0.3 is 10.4 Å². The van der Waals surface area contributed by atoms with Gasteiger partial charge in [-0.2, -0.15) is 5.10 Å². The Labute approximate surface area is 136 Å². The van der Waals surface area contributed by atoms with Gasteiger partial charge in [0.15, 0.2) is 5.65 Å². The third-order valence-corrected chi connectivity index (χ3v) is 3.40. The predicted octanol–water partition coefficient (Wildman–Crippen LogP) is -0.0478. The van der Waals surface area contributed by atoms with Crippen LogP contribution in [0.2, 0.25) is 0 Å². The maximum Gasteiger partial charge on any atom is 0.325 e. The molecule has 0 aromatic carbocycles. The Hall–Kier alpha value is -3.30. The first kappa shape index (κ1) is 15.6. The summed E-state index contributed by atoms with van der Waals surface area (Å²) in [6.45, 7) is 3.50. The lowest BCUT2D eigenvalue weighted by atomic mass is 10.2. The van der Waals surface area contributed by atoms with Crippen LogP contribution in [0.1, 0.15) is 27.4 Å². The van der Waals surface area contributed by atoms with Gasteiger partial charge >= 0.3 is 5.97 Å². The number of rotatable bonds is 5. The molecule has 0 fully saturated rings. The third kappa shape index (κ3) is 3.07. The van der Waals surface area contributed by atoms with E-state index in [0.29, 0.717) is 22.6 Å². The smallest absolute Gasteiger partial charge is 0.325 e. The quantitative estimate of drug-likeness (QED) is 0.672. The number of aliphatic carboxylic acids is 1. The average molecular weight is 329 g/mol. The molecule has 0 aliphatic heterocycles. The number of carbonyl (C=O) groups is 2. The Bertz CT molecular complexity index is 928. The number of aromatic nitrogens is 6. The molecule has 3 rings (SSSR count). The summed E-state index contributed by atoms with van der Waals surface area (Å²) < 4.78 is 2.81. The molecule has 10 nitrogen and oxygen atoms in total. The molecule has 0 saturated heterocycles. The van der Waals surface area contributed by atoms with Gasteiger partial charge in [0.1, 0.15) is 12.2 Å². The van der Waals surface area contributed by atoms with Crippen molar-refractivity contribution in [2.24, 2.45) is 0 Å². The summed E-state index contributed by atoms with van der Waals surface area (Å²) in [6.07, 6.45) is 2.97. The Morgan fingerprint density at radius 3 is 2.88 bits per heavy atom. The van der Waals surface area contributed by atoms with Gasteiger partial charge in [0, 0.05) is 12.3 Å². The first-order valence-electron chi connectivity index (χ1n) is 7.15. The van der Waals surface area contributed by atoms with Crippen molar-refractivity contribution in [3.05, 3.63) is 41.1 Å². The van der Waals surface area contributed by atoms with Crippen LogP contribution in [0, 0.1) is 13.8 Å². The summed E-state index contributed by atoms with van der Waals surface area (Å²) in [5.41, 5.74) is 3.05. The number of nitrogens with zero attached hydrogens (tertiary/aromatic N) is 6. The molecule has 3 aromatic heterocycles. The molecule has 0 atom stereocenters. The zero-order valence-corrected chi connectivity index (χ0v) is 13.1. The van der Waals surface area contributed by atoms with E-state index in [2.05, 4.69) is 25.7 Å². The summed E-state index contributed by atoms with van der Waals surface area (Å²) >= 11 is 0. The maximum absolute atomic E-state index is 12.3. The third-order valence-electron chi connectivity index (χ3n) is 3.40. The van der Waals surface area contributed by atoms with Crippen molar-refractivity contribution in [2.45, 2.75) is 26.9 Å². The van der Waals surface area contributed by atoms with Crippen molar-refractivity contribution < 1.29 is 14.7 Å². The van der Waals surface area contributed by atoms with Crippen molar-refractivity contribution in [1.82, 2.24) is 34.9 Å². The molecule has 10 heteroatoms. The van der Waals surface area contributed by atoms with Gasteiger partial charge in [-0.15, -0.1) is 5.10 Å². The van der Waals surface area contributed by atoms with Crippen molar-refractivity contribution >= 4 is 17.5 Å². The molecule has 1 amide bonds. The van der Waals surface area contributed by atoms with Crippen molar-refractivity contribution in [2.75, 3.05) is 0 Å². The SMILES string of the molecule is Cc1cc2ncc(C(=O)NCc3cn(CC(=O)O)nn3)c(C)n2n1. The molecule has 124 valence electrons. The summed E-state index contributed by atoms with van der Waals surface area (Å²) in [4.78, 5) is 27.2. The fourth-order valence-corrected chi connectivity index (χ4v) is 2.29. The number of hydrogen-bond acceptors (Lipinski definition) is 6. The lowest BCUT2D eigenvalue weighted by molar-refractivity contribution is -0.137. The second kappa shape index (κ2) is 6.07. The summed E-state index contributed by atoms with van der Waals surface area (Å²) in [7, 11) is 0. The van der Waals surface area contributed by atoms with E-state index in [1.165, 1.54) is 17.1 Å². The molecule has 0 unspecified atom stereocenters. The molecule has 0 bridgehead atoms. The van der Waals surface area contributed by atoms with Gasteiger partial charge in [-0.25, -0.2) is 14.2 Å². The average Bonchev–Trinajstić information content (AvgIpc) is 3.11. The first-order chi connectivity index (χ1) is 11.4. The monoisotopic (exact) mass is 329 g/mol. The molecule has 0 saturated carbocycles. The van der Waals surface area contributed by atoms with Crippen LogP contribution in [-0.2, 0) is 17.9 Å². The zero-order valence-electron chi connectivity index (χ0n) is 13.1. The van der Waals surface area contributed by atoms with Crippen LogP contribution in [0.4, 0.5) is 0 Å². The van der Waals surface area contributed by atoms with E-state index in [0.717, 1.165) is 5.69 Å². The van der Waals surface area contributed by atoms with E-state index < -0.39 is 5.97 Å². The number of hydrogen-bond donors (Lipinski definition) is 2. The summed E-state index contributed by atoms with van der Waals surface area (Å²) in [5, 5.41) is 23.2. The highest BCUT2D eigenvalue weighted by atomic mass is 16.4. The van der Waals surface area contributed by atoms with Crippen LogP contribution in [0.5, 0.6) is 0 Å². The number of carbonyl (C=O) groups excluding carboxylic acids is 1. The minimum Gasteiger partial charge on any atom is -0.480 e. The van der Waals surface area contributed by atoms with Crippen LogP contribution in [0.15, 0.2) is 18.5 Å². The Morgan fingerprint density at radius 2 is 2.12 bits per heavy atom. The lowest BCUT2D eigenvalue weighted by Crippen LogP contribution is -2.25. The van der Waals surface area contributed by atoms with Crippen LogP contribution in [-0.4, -0.2) is 46.6 Å². The number of fused-ring (bicyclic) bond motifs is 1. The van der Waals surface area contributed by atoms with Gasteiger partial charge in [0.2, 0.25) is 0 Å². The highest BCUT2D eigenvalue weighted by Gasteiger charge is 2.14. The van der Waals surface area contributed by atoms with Gasteiger partial charge in [0.05, 0.1) is 29.7 Å². The number of nitrogens with one attached hydrogen (secondary N) is 1. The standard InChI is InChI=1S/C14H15N7O3/c1-8-3-12-15-5-11(9(2)21(12)18-8)14(24)16-4-10-6-20(19-17-10)7-13(22)23/h3,5-6H,4,7H2,1-2H3,(H,16,24)(H,22,23). The minimum absolute atomic E-state index is 0.133. The number of aryl methyl sites for hydroxylation is 2. The van der Waals surface area contributed by atoms with Crippen molar-refractivity contribution in [1.29, 1.82) is 0 Å². The second-order valence-corrected chi connectivity index (χ2v) is 5.30. The van der Waals surface area contributed by atoms with Gasteiger partial charge in [-0.05, 0) is 13.8 Å². The molecular formula is C14H15N7O3. The first-order valence-corrected chi connectivity index (χ1v) is 7.15. The second-order valence-electron chi connectivity index (χ2n) is 5.30. The Balaban J connectivity index is 1.72. The Morgan fingerprint density at radius 1 is 1.33 bits per heavy atom. The van der Waals surface area contributed by atoms with Crippen LogP contribution in [0.3, 0.4) is 0 Å². The molecule has 2 N–H and O–H groups in total. The fraction of sp³-hybridized carbons (Fsp3) is 0.286. The molecule has 3 heterocycles. The van der Waals surface area contributed by atoms with E-state index in [-0.39, 0.29) is 19.0 Å². The summed E-state index contributed by atoms with van der Waals surface area (Å²) in [5.74, 6) is -1.33. The van der Waals surface area contributed by atoms with Crippen molar-refractivity contribution in [3.8, 4) is 0 Å². The lowest BCUT2D eigenvalue weighted by Gasteiger charge is -2.07.